The molecular formula is C11H16BrNO2. The van der Waals surface area contributed by atoms with E-state index in [1.54, 1.807) is 0 Å². The van der Waals surface area contributed by atoms with E-state index in [4.69, 9.17) is 10.2 Å². The third-order valence-electron chi connectivity index (χ3n) is 2.24. The van der Waals surface area contributed by atoms with Gasteiger partial charge in [0.2, 0.25) is 0 Å². The van der Waals surface area contributed by atoms with Crippen molar-refractivity contribution >= 4 is 15.9 Å². The average molecular weight is 274 g/mol. The number of hydrogen-bond donors (Lipinski definition) is 3. The van der Waals surface area contributed by atoms with Crippen LogP contribution in [-0.4, -0.2) is 29.5 Å². The maximum atomic E-state index is 9.02. The molecule has 15 heavy (non-hydrogen) atoms. The third-order valence-corrected chi connectivity index (χ3v) is 3.01. The van der Waals surface area contributed by atoms with Crippen molar-refractivity contribution in [1.29, 1.82) is 0 Å². The van der Waals surface area contributed by atoms with Crippen LogP contribution in [0.15, 0.2) is 28.7 Å². The number of rotatable bonds is 6. The molecule has 0 saturated carbocycles. The lowest BCUT2D eigenvalue weighted by atomic mass is 10.2. The average Bonchev–Trinajstić information content (AvgIpc) is 2.26. The van der Waals surface area contributed by atoms with Gasteiger partial charge in [0.25, 0.3) is 0 Å². The smallest absolute Gasteiger partial charge is 0.0585 e. The minimum atomic E-state index is -0.0397. The van der Waals surface area contributed by atoms with E-state index in [-0.39, 0.29) is 19.3 Å². The predicted molar refractivity (Wildman–Crippen MR) is 63.6 cm³/mol. The molecule has 0 aromatic heterocycles. The van der Waals surface area contributed by atoms with Gasteiger partial charge in [0, 0.05) is 23.7 Å². The minimum absolute atomic E-state index is 0.0397. The molecule has 0 fully saturated rings. The molecule has 0 aliphatic rings. The first-order valence-electron chi connectivity index (χ1n) is 4.96. The molecule has 3 N–H and O–H groups in total. The second kappa shape index (κ2) is 6.95. The molecule has 1 aromatic carbocycles. The first-order chi connectivity index (χ1) is 7.27. The molecule has 1 atom stereocenters. The Bertz CT molecular complexity index is 294. The Labute approximate surface area is 98.3 Å². The molecule has 0 spiro atoms. The van der Waals surface area contributed by atoms with Crippen LogP contribution in [0.2, 0.25) is 0 Å². The molecular weight excluding hydrogens is 258 g/mol. The molecule has 3 nitrogen and oxygen atoms in total. The van der Waals surface area contributed by atoms with Gasteiger partial charge in [-0.25, -0.2) is 0 Å². The van der Waals surface area contributed by atoms with Gasteiger partial charge < -0.3 is 15.5 Å². The molecule has 0 bridgehead atoms. The van der Waals surface area contributed by atoms with Crippen molar-refractivity contribution < 1.29 is 10.2 Å². The number of nitrogens with one attached hydrogen (secondary N) is 1. The SMILES string of the molecule is OCCC(CO)NCc1ccccc1Br. The summed E-state index contributed by atoms with van der Waals surface area (Å²) >= 11 is 3.46. The number of benzene rings is 1. The third kappa shape index (κ3) is 4.30. The van der Waals surface area contributed by atoms with Crippen LogP contribution >= 0.6 is 15.9 Å². The number of hydrogen-bond acceptors (Lipinski definition) is 3. The highest BCUT2D eigenvalue weighted by Crippen LogP contribution is 2.15. The van der Waals surface area contributed by atoms with Gasteiger partial charge in [0.15, 0.2) is 0 Å². The maximum Gasteiger partial charge on any atom is 0.0585 e. The largest absolute Gasteiger partial charge is 0.396 e. The summed E-state index contributed by atoms with van der Waals surface area (Å²) in [6.45, 7) is 0.825. The summed E-state index contributed by atoms with van der Waals surface area (Å²) in [5.74, 6) is 0. The summed E-state index contributed by atoms with van der Waals surface area (Å²) < 4.78 is 1.05. The normalized spacial score (nSPS) is 12.7. The van der Waals surface area contributed by atoms with Crippen molar-refractivity contribution in [1.82, 2.24) is 5.32 Å². The Kier molecular flexibility index (Phi) is 5.86. The Hall–Kier alpha value is -0.420. The van der Waals surface area contributed by atoms with Crippen LogP contribution in [0, 0.1) is 0 Å². The Morgan fingerprint density at radius 2 is 2.00 bits per heavy atom. The molecule has 0 amide bonds. The topological polar surface area (TPSA) is 52.5 Å². The van der Waals surface area contributed by atoms with Crippen molar-refractivity contribution in [2.45, 2.75) is 19.0 Å². The first-order valence-corrected chi connectivity index (χ1v) is 5.75. The highest BCUT2D eigenvalue weighted by Gasteiger charge is 2.06. The highest BCUT2D eigenvalue weighted by molar-refractivity contribution is 9.10. The van der Waals surface area contributed by atoms with Crippen molar-refractivity contribution in [3.8, 4) is 0 Å². The van der Waals surface area contributed by atoms with E-state index in [2.05, 4.69) is 21.2 Å². The second-order valence-corrected chi connectivity index (χ2v) is 4.22. The molecule has 0 radical (unpaired) electrons. The van der Waals surface area contributed by atoms with E-state index in [9.17, 15) is 0 Å². The molecule has 1 aromatic rings. The lowest BCUT2D eigenvalue weighted by molar-refractivity contribution is 0.200. The lowest BCUT2D eigenvalue weighted by Gasteiger charge is -2.15. The van der Waals surface area contributed by atoms with Crippen molar-refractivity contribution in [3.05, 3.63) is 34.3 Å². The predicted octanol–water partition coefficient (Wildman–Crippen LogP) is 1.28. The van der Waals surface area contributed by atoms with Crippen LogP contribution in [0.1, 0.15) is 12.0 Å². The Morgan fingerprint density at radius 1 is 1.27 bits per heavy atom. The molecule has 0 saturated heterocycles. The van der Waals surface area contributed by atoms with Gasteiger partial charge in [-0.15, -0.1) is 0 Å². The van der Waals surface area contributed by atoms with E-state index in [0.29, 0.717) is 13.0 Å². The van der Waals surface area contributed by atoms with Gasteiger partial charge in [0.1, 0.15) is 0 Å². The number of aliphatic hydroxyl groups excluding tert-OH is 2. The monoisotopic (exact) mass is 273 g/mol. The zero-order valence-corrected chi connectivity index (χ0v) is 10.1. The van der Waals surface area contributed by atoms with Crippen molar-refractivity contribution in [2.75, 3.05) is 13.2 Å². The van der Waals surface area contributed by atoms with Crippen LogP contribution in [0.25, 0.3) is 0 Å². The highest BCUT2D eigenvalue weighted by atomic mass is 79.9. The number of halogens is 1. The summed E-state index contributed by atoms with van der Waals surface area (Å²) in [6.07, 6.45) is 0.570. The van der Waals surface area contributed by atoms with E-state index in [0.717, 1.165) is 10.0 Å². The Balaban J connectivity index is 2.45. The molecule has 0 aliphatic carbocycles. The molecule has 4 heteroatoms. The zero-order valence-electron chi connectivity index (χ0n) is 8.49. The van der Waals surface area contributed by atoms with Crippen LogP contribution in [0.4, 0.5) is 0 Å². The first kappa shape index (κ1) is 12.6. The standard InChI is InChI=1S/C11H16BrNO2/c12-11-4-2-1-3-9(11)7-13-10(8-15)5-6-14/h1-4,10,13-15H,5-8H2. The molecule has 1 unspecified atom stereocenters. The van der Waals surface area contributed by atoms with Crippen LogP contribution in [0.5, 0.6) is 0 Å². The fourth-order valence-corrected chi connectivity index (χ4v) is 1.73. The summed E-state index contributed by atoms with van der Waals surface area (Å²) in [7, 11) is 0. The summed E-state index contributed by atoms with van der Waals surface area (Å²) in [6, 6.07) is 7.90. The van der Waals surface area contributed by atoms with Gasteiger partial charge in [-0.05, 0) is 18.1 Å². The summed E-state index contributed by atoms with van der Waals surface area (Å²) in [5.41, 5.74) is 1.15. The molecule has 1 rings (SSSR count). The van der Waals surface area contributed by atoms with Gasteiger partial charge in [-0.2, -0.15) is 0 Å². The quantitative estimate of drug-likeness (QED) is 0.732. The van der Waals surface area contributed by atoms with Crippen LogP contribution in [0.3, 0.4) is 0 Å². The number of aliphatic hydroxyl groups is 2. The van der Waals surface area contributed by atoms with Crippen molar-refractivity contribution in [2.24, 2.45) is 0 Å². The van der Waals surface area contributed by atoms with Gasteiger partial charge in [-0.3, -0.25) is 0 Å². The molecule has 84 valence electrons. The fourth-order valence-electron chi connectivity index (χ4n) is 1.31. The molecule has 0 aliphatic heterocycles. The van der Waals surface area contributed by atoms with Crippen molar-refractivity contribution in [3.63, 3.8) is 0 Å². The van der Waals surface area contributed by atoms with E-state index < -0.39 is 0 Å². The van der Waals surface area contributed by atoms with Crippen LogP contribution < -0.4 is 5.32 Å². The van der Waals surface area contributed by atoms with Gasteiger partial charge in [-0.1, -0.05) is 34.1 Å². The fraction of sp³-hybridized carbons (Fsp3) is 0.455. The Morgan fingerprint density at radius 3 is 2.60 bits per heavy atom. The van der Waals surface area contributed by atoms with Crippen LogP contribution in [-0.2, 0) is 6.54 Å². The summed E-state index contributed by atoms with van der Waals surface area (Å²) in [5, 5.41) is 21.0. The molecule has 0 heterocycles. The lowest BCUT2D eigenvalue weighted by Crippen LogP contribution is -2.32. The second-order valence-electron chi connectivity index (χ2n) is 3.36. The van der Waals surface area contributed by atoms with E-state index in [1.165, 1.54) is 0 Å². The maximum absolute atomic E-state index is 9.02. The van der Waals surface area contributed by atoms with Gasteiger partial charge in [0.05, 0.1) is 6.61 Å². The van der Waals surface area contributed by atoms with E-state index in [1.807, 2.05) is 24.3 Å². The van der Waals surface area contributed by atoms with E-state index >= 15 is 0 Å². The van der Waals surface area contributed by atoms with Gasteiger partial charge >= 0.3 is 0 Å². The summed E-state index contributed by atoms with van der Waals surface area (Å²) in [4.78, 5) is 0. The minimum Gasteiger partial charge on any atom is -0.396 e. The zero-order chi connectivity index (χ0) is 11.1.